The normalized spacial score (nSPS) is 18.2. The standard InChI is InChI=1S/C16H24BrNO/c1-12(2)5-3-4-9-18-15-8-10-19-16-7-6-13(17)11-14(15)16/h6-7,11-12,15,18H,3-5,8-10H2,1-2H3. The number of rotatable bonds is 6. The summed E-state index contributed by atoms with van der Waals surface area (Å²) in [7, 11) is 0. The molecule has 0 aromatic heterocycles. The van der Waals surface area contributed by atoms with Crippen LogP contribution in [-0.2, 0) is 0 Å². The van der Waals surface area contributed by atoms with Crippen molar-refractivity contribution in [2.45, 2.75) is 45.6 Å². The monoisotopic (exact) mass is 325 g/mol. The van der Waals surface area contributed by atoms with Gasteiger partial charge >= 0.3 is 0 Å². The second kappa shape index (κ2) is 7.30. The van der Waals surface area contributed by atoms with E-state index in [1.807, 2.05) is 6.07 Å². The van der Waals surface area contributed by atoms with Gasteiger partial charge in [-0.1, -0.05) is 42.6 Å². The quantitative estimate of drug-likeness (QED) is 0.766. The molecule has 106 valence electrons. The SMILES string of the molecule is CC(C)CCCCNC1CCOc2ccc(Br)cc21. The van der Waals surface area contributed by atoms with Gasteiger partial charge in [0.2, 0.25) is 0 Å². The predicted molar refractivity (Wildman–Crippen MR) is 83.7 cm³/mol. The van der Waals surface area contributed by atoms with Gasteiger partial charge in [0.1, 0.15) is 5.75 Å². The molecule has 1 aromatic rings. The average Bonchev–Trinajstić information content (AvgIpc) is 2.38. The number of ether oxygens (including phenoxy) is 1. The lowest BCUT2D eigenvalue weighted by atomic mass is 10.00. The highest BCUT2D eigenvalue weighted by atomic mass is 79.9. The molecule has 2 nitrogen and oxygen atoms in total. The van der Waals surface area contributed by atoms with Crippen LogP contribution in [0.2, 0.25) is 0 Å². The van der Waals surface area contributed by atoms with E-state index < -0.39 is 0 Å². The third-order valence-corrected chi connectivity index (χ3v) is 4.10. The molecule has 1 atom stereocenters. The first kappa shape index (κ1) is 14.9. The smallest absolute Gasteiger partial charge is 0.124 e. The summed E-state index contributed by atoms with van der Waals surface area (Å²) >= 11 is 3.54. The predicted octanol–water partition coefficient (Wildman–Crippen LogP) is 4.69. The van der Waals surface area contributed by atoms with Gasteiger partial charge in [0.25, 0.3) is 0 Å². The molecule has 0 radical (unpaired) electrons. The number of nitrogens with one attached hydrogen (secondary N) is 1. The zero-order chi connectivity index (χ0) is 13.7. The molecule has 1 heterocycles. The Morgan fingerprint density at radius 2 is 2.21 bits per heavy atom. The van der Waals surface area contributed by atoms with Crippen molar-refractivity contribution in [2.75, 3.05) is 13.2 Å². The Labute approximate surface area is 125 Å². The van der Waals surface area contributed by atoms with Crippen LogP contribution in [0.15, 0.2) is 22.7 Å². The van der Waals surface area contributed by atoms with E-state index in [-0.39, 0.29) is 0 Å². The Hall–Kier alpha value is -0.540. The van der Waals surface area contributed by atoms with Gasteiger partial charge in [0.15, 0.2) is 0 Å². The second-order valence-electron chi connectivity index (χ2n) is 5.72. The molecule has 0 fully saturated rings. The molecule has 0 bridgehead atoms. The summed E-state index contributed by atoms with van der Waals surface area (Å²) < 4.78 is 6.83. The van der Waals surface area contributed by atoms with E-state index >= 15 is 0 Å². The summed E-state index contributed by atoms with van der Waals surface area (Å²) in [6.07, 6.45) is 4.98. The molecular weight excluding hydrogens is 302 g/mol. The number of fused-ring (bicyclic) bond motifs is 1. The summed E-state index contributed by atoms with van der Waals surface area (Å²) in [6.45, 7) is 6.50. The molecule has 0 saturated heterocycles. The highest BCUT2D eigenvalue weighted by Crippen LogP contribution is 2.34. The lowest BCUT2D eigenvalue weighted by Crippen LogP contribution is -2.27. The fraction of sp³-hybridized carbons (Fsp3) is 0.625. The second-order valence-corrected chi connectivity index (χ2v) is 6.63. The fourth-order valence-corrected chi connectivity index (χ4v) is 2.91. The molecule has 1 aromatic carbocycles. The van der Waals surface area contributed by atoms with E-state index in [0.717, 1.165) is 35.7 Å². The number of benzene rings is 1. The van der Waals surface area contributed by atoms with Crippen LogP contribution in [0.5, 0.6) is 5.75 Å². The van der Waals surface area contributed by atoms with E-state index in [1.54, 1.807) is 0 Å². The average molecular weight is 326 g/mol. The fourth-order valence-electron chi connectivity index (χ4n) is 2.53. The third-order valence-electron chi connectivity index (χ3n) is 3.61. The third kappa shape index (κ3) is 4.50. The maximum absolute atomic E-state index is 5.71. The Morgan fingerprint density at radius 3 is 3.00 bits per heavy atom. The summed E-state index contributed by atoms with van der Waals surface area (Å²) in [5.41, 5.74) is 1.30. The van der Waals surface area contributed by atoms with Crippen LogP contribution >= 0.6 is 15.9 Å². The molecular formula is C16H24BrNO. The van der Waals surface area contributed by atoms with Gasteiger partial charge in [0, 0.05) is 22.5 Å². The number of unbranched alkanes of at least 4 members (excludes halogenated alkanes) is 1. The van der Waals surface area contributed by atoms with Crippen LogP contribution in [0.25, 0.3) is 0 Å². The summed E-state index contributed by atoms with van der Waals surface area (Å²) in [6, 6.07) is 6.73. The molecule has 1 N–H and O–H groups in total. The van der Waals surface area contributed by atoms with Crippen molar-refractivity contribution in [3.05, 3.63) is 28.2 Å². The lowest BCUT2D eigenvalue weighted by Gasteiger charge is -2.27. The number of halogens is 1. The zero-order valence-corrected chi connectivity index (χ0v) is 13.5. The number of hydrogen-bond acceptors (Lipinski definition) is 2. The van der Waals surface area contributed by atoms with Crippen LogP contribution in [0.3, 0.4) is 0 Å². The largest absolute Gasteiger partial charge is 0.493 e. The first-order valence-corrected chi connectivity index (χ1v) is 8.11. The van der Waals surface area contributed by atoms with Crippen molar-refractivity contribution in [1.29, 1.82) is 0 Å². The van der Waals surface area contributed by atoms with Crippen LogP contribution in [0.1, 0.15) is 51.1 Å². The van der Waals surface area contributed by atoms with Crippen molar-refractivity contribution >= 4 is 15.9 Å². The van der Waals surface area contributed by atoms with Gasteiger partial charge in [-0.05, 0) is 37.1 Å². The van der Waals surface area contributed by atoms with Gasteiger partial charge in [-0.15, -0.1) is 0 Å². The minimum atomic E-state index is 0.445. The van der Waals surface area contributed by atoms with Crippen molar-refractivity contribution in [1.82, 2.24) is 5.32 Å². The Bertz CT molecular complexity index is 406. The van der Waals surface area contributed by atoms with Crippen molar-refractivity contribution in [3.8, 4) is 5.75 Å². The molecule has 3 heteroatoms. The molecule has 19 heavy (non-hydrogen) atoms. The lowest BCUT2D eigenvalue weighted by molar-refractivity contribution is 0.252. The van der Waals surface area contributed by atoms with Crippen molar-refractivity contribution < 1.29 is 4.74 Å². The molecule has 0 spiro atoms. The molecule has 1 aliphatic heterocycles. The minimum absolute atomic E-state index is 0.445. The van der Waals surface area contributed by atoms with Crippen molar-refractivity contribution in [2.24, 2.45) is 5.92 Å². The highest BCUT2D eigenvalue weighted by Gasteiger charge is 2.20. The first-order chi connectivity index (χ1) is 9.16. The molecule has 2 rings (SSSR count). The number of hydrogen-bond donors (Lipinski definition) is 1. The van der Waals surface area contributed by atoms with Crippen LogP contribution < -0.4 is 10.1 Å². The maximum atomic E-state index is 5.71. The van der Waals surface area contributed by atoms with E-state index in [4.69, 9.17) is 4.74 Å². The highest BCUT2D eigenvalue weighted by molar-refractivity contribution is 9.10. The zero-order valence-electron chi connectivity index (χ0n) is 11.9. The van der Waals surface area contributed by atoms with E-state index in [0.29, 0.717) is 6.04 Å². The molecule has 0 saturated carbocycles. The Balaban J connectivity index is 1.84. The molecule has 0 aliphatic carbocycles. The molecule has 1 aliphatic rings. The molecule has 1 unspecified atom stereocenters. The molecule has 0 amide bonds. The van der Waals surface area contributed by atoms with Crippen LogP contribution in [-0.4, -0.2) is 13.2 Å². The van der Waals surface area contributed by atoms with Gasteiger partial charge in [-0.25, -0.2) is 0 Å². The van der Waals surface area contributed by atoms with E-state index in [2.05, 4.69) is 47.2 Å². The Kier molecular flexibility index (Phi) is 5.71. The Morgan fingerprint density at radius 1 is 1.37 bits per heavy atom. The van der Waals surface area contributed by atoms with Crippen LogP contribution in [0.4, 0.5) is 0 Å². The van der Waals surface area contributed by atoms with E-state index in [1.165, 1.54) is 24.8 Å². The van der Waals surface area contributed by atoms with Gasteiger partial charge in [0.05, 0.1) is 6.61 Å². The minimum Gasteiger partial charge on any atom is -0.493 e. The van der Waals surface area contributed by atoms with Crippen molar-refractivity contribution in [3.63, 3.8) is 0 Å². The van der Waals surface area contributed by atoms with Gasteiger partial charge in [-0.3, -0.25) is 0 Å². The van der Waals surface area contributed by atoms with Crippen LogP contribution in [0, 0.1) is 5.92 Å². The van der Waals surface area contributed by atoms with Gasteiger partial charge < -0.3 is 10.1 Å². The van der Waals surface area contributed by atoms with Gasteiger partial charge in [-0.2, -0.15) is 0 Å². The maximum Gasteiger partial charge on any atom is 0.124 e. The summed E-state index contributed by atoms with van der Waals surface area (Å²) in [5, 5.41) is 3.68. The first-order valence-electron chi connectivity index (χ1n) is 7.32. The topological polar surface area (TPSA) is 21.3 Å². The van der Waals surface area contributed by atoms with E-state index in [9.17, 15) is 0 Å². The summed E-state index contributed by atoms with van der Waals surface area (Å²) in [4.78, 5) is 0. The summed E-state index contributed by atoms with van der Waals surface area (Å²) in [5.74, 6) is 1.86.